The molecule has 1 aliphatic heterocycles. The summed E-state index contributed by atoms with van der Waals surface area (Å²) in [7, 11) is 1.73. The van der Waals surface area contributed by atoms with Crippen LogP contribution in [0.4, 0.5) is 10.5 Å². The predicted octanol–water partition coefficient (Wildman–Crippen LogP) is 2.95. The molecule has 0 atom stereocenters. The molecule has 0 aromatic heterocycles. The van der Waals surface area contributed by atoms with E-state index in [0.29, 0.717) is 23.4 Å². The lowest BCUT2D eigenvalue weighted by Gasteiger charge is -2.18. The van der Waals surface area contributed by atoms with Gasteiger partial charge in [-0.05, 0) is 38.5 Å². The molecule has 0 saturated carbocycles. The molecule has 0 aliphatic carbocycles. The van der Waals surface area contributed by atoms with E-state index in [1.54, 1.807) is 44.0 Å². The van der Waals surface area contributed by atoms with Crippen molar-refractivity contribution >= 4 is 23.5 Å². The zero-order chi connectivity index (χ0) is 17.1. The molecule has 0 spiro atoms. The molecule has 0 radical (unpaired) electrons. The van der Waals surface area contributed by atoms with Gasteiger partial charge in [-0.2, -0.15) is 0 Å². The third kappa shape index (κ3) is 3.36. The van der Waals surface area contributed by atoms with Crippen molar-refractivity contribution in [1.29, 1.82) is 0 Å². The molecule has 6 heteroatoms. The molecule has 1 aliphatic rings. The van der Waals surface area contributed by atoms with Crippen LogP contribution in [0.25, 0.3) is 0 Å². The number of urea groups is 1. The summed E-state index contributed by atoms with van der Waals surface area (Å²) in [4.78, 5) is 39.5. The number of hydrogen-bond donors (Lipinski definition) is 1. The van der Waals surface area contributed by atoms with E-state index in [0.717, 1.165) is 12.8 Å². The van der Waals surface area contributed by atoms with Gasteiger partial charge in [0, 0.05) is 25.3 Å². The number of nitrogens with zero attached hydrogens (tertiary/aromatic N) is 2. The molecular formula is C17H23N3O3. The molecule has 1 aromatic carbocycles. The quantitative estimate of drug-likeness (QED) is 0.849. The van der Waals surface area contributed by atoms with Crippen LogP contribution < -0.4 is 5.32 Å². The van der Waals surface area contributed by atoms with Crippen LogP contribution in [-0.2, 0) is 0 Å². The van der Waals surface area contributed by atoms with E-state index in [1.807, 2.05) is 0 Å². The number of carbonyl (C=O) groups excluding carboxylic acids is 3. The van der Waals surface area contributed by atoms with Gasteiger partial charge < -0.3 is 10.2 Å². The molecule has 124 valence electrons. The second-order valence-electron chi connectivity index (χ2n) is 6.04. The molecule has 23 heavy (non-hydrogen) atoms. The Labute approximate surface area is 136 Å². The summed E-state index contributed by atoms with van der Waals surface area (Å²) in [6.45, 7) is 6.33. The summed E-state index contributed by atoms with van der Waals surface area (Å²) in [5.74, 6) is -0.589. The molecule has 1 N–H and O–H groups in total. The van der Waals surface area contributed by atoms with Crippen LogP contribution in [0.2, 0.25) is 0 Å². The monoisotopic (exact) mass is 317 g/mol. The zero-order valence-electron chi connectivity index (χ0n) is 14.0. The Bertz CT molecular complexity index is 640. The highest BCUT2D eigenvalue weighted by atomic mass is 16.2. The molecule has 0 fully saturated rings. The topological polar surface area (TPSA) is 69.7 Å². The van der Waals surface area contributed by atoms with Crippen LogP contribution in [0.3, 0.4) is 0 Å². The maximum atomic E-state index is 12.3. The molecule has 1 heterocycles. The molecule has 2 rings (SSSR count). The highest BCUT2D eigenvalue weighted by Gasteiger charge is 2.37. The number of anilines is 1. The third-order valence-corrected chi connectivity index (χ3v) is 3.88. The number of rotatable bonds is 5. The minimum Gasteiger partial charge on any atom is -0.328 e. The van der Waals surface area contributed by atoms with E-state index in [2.05, 4.69) is 12.2 Å². The van der Waals surface area contributed by atoms with Crippen molar-refractivity contribution in [2.24, 2.45) is 0 Å². The summed E-state index contributed by atoms with van der Waals surface area (Å²) in [6.07, 6.45) is 1.95. The molecule has 4 amide bonds. The lowest BCUT2D eigenvalue weighted by Crippen LogP contribution is -2.35. The average molecular weight is 317 g/mol. The van der Waals surface area contributed by atoms with E-state index in [1.165, 1.54) is 4.90 Å². The van der Waals surface area contributed by atoms with Gasteiger partial charge in [-0.25, -0.2) is 4.79 Å². The number of benzene rings is 1. The van der Waals surface area contributed by atoms with Crippen LogP contribution in [0, 0.1) is 0 Å². The van der Waals surface area contributed by atoms with Crippen molar-refractivity contribution in [3.8, 4) is 0 Å². The number of nitrogens with one attached hydrogen (secondary N) is 1. The second-order valence-corrected chi connectivity index (χ2v) is 6.04. The van der Waals surface area contributed by atoms with Crippen LogP contribution in [0.1, 0.15) is 54.3 Å². The SMILES string of the molecule is CCCCN(C)C(=O)Nc1ccc2c(c1)C(=O)N(C(C)C)C2=O. The van der Waals surface area contributed by atoms with Crippen LogP contribution in [0.15, 0.2) is 18.2 Å². The van der Waals surface area contributed by atoms with Crippen molar-refractivity contribution in [1.82, 2.24) is 9.80 Å². The molecule has 6 nitrogen and oxygen atoms in total. The van der Waals surface area contributed by atoms with Gasteiger partial charge in [-0.15, -0.1) is 0 Å². The predicted molar refractivity (Wildman–Crippen MR) is 88.6 cm³/mol. The van der Waals surface area contributed by atoms with Gasteiger partial charge in [0.05, 0.1) is 11.1 Å². The minimum atomic E-state index is -0.310. The maximum absolute atomic E-state index is 12.3. The summed E-state index contributed by atoms with van der Waals surface area (Å²) in [5.41, 5.74) is 1.25. The largest absolute Gasteiger partial charge is 0.328 e. The molecular weight excluding hydrogens is 294 g/mol. The zero-order valence-corrected chi connectivity index (χ0v) is 14.0. The van der Waals surface area contributed by atoms with E-state index < -0.39 is 0 Å². The Morgan fingerprint density at radius 2 is 1.87 bits per heavy atom. The fourth-order valence-electron chi connectivity index (χ4n) is 2.52. The molecule has 0 unspecified atom stereocenters. The Hall–Kier alpha value is -2.37. The summed E-state index contributed by atoms with van der Waals surface area (Å²) < 4.78 is 0. The molecule has 1 aromatic rings. The highest BCUT2D eigenvalue weighted by molar-refractivity contribution is 6.22. The number of carbonyl (C=O) groups is 3. The van der Waals surface area contributed by atoms with Crippen molar-refractivity contribution in [2.45, 2.75) is 39.7 Å². The van der Waals surface area contributed by atoms with Crippen molar-refractivity contribution in [3.63, 3.8) is 0 Å². The van der Waals surface area contributed by atoms with E-state index in [-0.39, 0.29) is 23.9 Å². The van der Waals surface area contributed by atoms with Crippen molar-refractivity contribution in [2.75, 3.05) is 18.9 Å². The summed E-state index contributed by atoms with van der Waals surface area (Å²) in [5, 5.41) is 2.76. The fraction of sp³-hybridized carbons (Fsp3) is 0.471. The summed E-state index contributed by atoms with van der Waals surface area (Å²) >= 11 is 0. The van der Waals surface area contributed by atoms with Gasteiger partial charge in [0.1, 0.15) is 0 Å². The van der Waals surface area contributed by atoms with Gasteiger partial charge in [0.15, 0.2) is 0 Å². The normalized spacial score (nSPS) is 13.5. The fourth-order valence-corrected chi connectivity index (χ4v) is 2.52. The summed E-state index contributed by atoms with van der Waals surface area (Å²) in [6, 6.07) is 4.40. The smallest absolute Gasteiger partial charge is 0.321 e. The van der Waals surface area contributed by atoms with Crippen LogP contribution >= 0.6 is 0 Å². The Balaban J connectivity index is 2.16. The first kappa shape index (κ1) is 17.0. The Morgan fingerprint density at radius 3 is 2.48 bits per heavy atom. The number of unbranched alkanes of at least 4 members (excludes halogenated alkanes) is 1. The van der Waals surface area contributed by atoms with Crippen molar-refractivity contribution < 1.29 is 14.4 Å². The molecule has 0 bridgehead atoms. The van der Waals surface area contributed by atoms with Crippen molar-refractivity contribution in [3.05, 3.63) is 29.3 Å². The van der Waals surface area contributed by atoms with Gasteiger partial charge >= 0.3 is 6.03 Å². The first-order valence-electron chi connectivity index (χ1n) is 7.90. The lowest BCUT2D eigenvalue weighted by atomic mass is 10.1. The van der Waals surface area contributed by atoms with E-state index >= 15 is 0 Å². The van der Waals surface area contributed by atoms with Gasteiger partial charge in [0.2, 0.25) is 0 Å². The third-order valence-electron chi connectivity index (χ3n) is 3.88. The standard InChI is InChI=1S/C17H23N3O3/c1-5-6-9-19(4)17(23)18-12-7-8-13-14(10-12)16(22)20(11(2)3)15(13)21/h7-8,10-11H,5-6,9H2,1-4H3,(H,18,23). The second kappa shape index (κ2) is 6.81. The van der Waals surface area contributed by atoms with Crippen LogP contribution in [-0.4, -0.2) is 47.3 Å². The minimum absolute atomic E-state index is 0.194. The first-order valence-corrected chi connectivity index (χ1v) is 7.90. The van der Waals surface area contributed by atoms with E-state index in [9.17, 15) is 14.4 Å². The van der Waals surface area contributed by atoms with Gasteiger partial charge in [-0.1, -0.05) is 13.3 Å². The van der Waals surface area contributed by atoms with Crippen LogP contribution in [0.5, 0.6) is 0 Å². The number of hydrogen-bond acceptors (Lipinski definition) is 3. The van der Waals surface area contributed by atoms with Gasteiger partial charge in [-0.3, -0.25) is 14.5 Å². The number of fused-ring (bicyclic) bond motifs is 1. The van der Waals surface area contributed by atoms with Gasteiger partial charge in [0.25, 0.3) is 11.8 Å². The average Bonchev–Trinajstić information content (AvgIpc) is 2.76. The maximum Gasteiger partial charge on any atom is 0.321 e. The Morgan fingerprint density at radius 1 is 1.22 bits per heavy atom. The number of amides is 4. The Kier molecular flexibility index (Phi) is 5.03. The molecule has 0 saturated heterocycles. The number of imide groups is 1. The highest BCUT2D eigenvalue weighted by Crippen LogP contribution is 2.27. The lowest BCUT2D eigenvalue weighted by molar-refractivity contribution is 0.0609. The van der Waals surface area contributed by atoms with E-state index in [4.69, 9.17) is 0 Å². The first-order chi connectivity index (χ1) is 10.9.